The molecule has 0 amide bonds. The van der Waals surface area contributed by atoms with Crippen LogP contribution in [0.1, 0.15) is 39.0 Å². The molecule has 1 atom stereocenters. The van der Waals surface area contributed by atoms with Gasteiger partial charge < -0.3 is 5.32 Å². The maximum absolute atomic E-state index is 13.4. The lowest BCUT2D eigenvalue weighted by Crippen LogP contribution is -2.62. The normalized spacial score (nSPS) is 27.4. The van der Waals surface area contributed by atoms with Crippen molar-refractivity contribution in [2.75, 3.05) is 6.54 Å². The van der Waals surface area contributed by atoms with Crippen LogP contribution in [-0.2, 0) is 0 Å². The monoisotopic (exact) mass is 245 g/mol. The molecule has 1 heterocycles. The second-order valence-corrected chi connectivity index (χ2v) is 4.29. The molecule has 96 valence electrons. The Bertz CT molecular complexity index is 230. The van der Waals surface area contributed by atoms with Crippen LogP contribution in [0.15, 0.2) is 0 Å². The van der Waals surface area contributed by atoms with E-state index < -0.39 is 17.6 Å². The molecule has 0 bridgehead atoms. The first-order chi connectivity index (χ1) is 7.27. The zero-order valence-electron chi connectivity index (χ0n) is 9.13. The van der Waals surface area contributed by atoms with Crippen molar-refractivity contribution in [3.8, 4) is 0 Å². The van der Waals surface area contributed by atoms with E-state index in [0.717, 1.165) is 0 Å². The summed E-state index contributed by atoms with van der Waals surface area (Å²) in [6.45, 7) is 2.00. The number of hydrogen-bond acceptors (Lipinski definition) is 1. The fraction of sp³-hybridized carbons (Fsp3) is 1.00. The van der Waals surface area contributed by atoms with Gasteiger partial charge in [-0.15, -0.1) is 0 Å². The summed E-state index contributed by atoms with van der Waals surface area (Å²) in [5, 5.41) is 2.38. The van der Waals surface area contributed by atoms with Crippen molar-refractivity contribution >= 4 is 0 Å². The van der Waals surface area contributed by atoms with Crippen molar-refractivity contribution in [2.45, 2.75) is 56.7 Å². The molecule has 0 aromatic rings. The molecule has 1 N–H and O–H groups in total. The highest BCUT2D eigenvalue weighted by Crippen LogP contribution is 2.49. The van der Waals surface area contributed by atoms with Crippen LogP contribution in [0.5, 0.6) is 0 Å². The highest BCUT2D eigenvalue weighted by Gasteiger charge is 2.69. The van der Waals surface area contributed by atoms with Gasteiger partial charge in [0.05, 0.1) is 5.54 Å². The Balaban J connectivity index is 2.92. The molecule has 1 saturated heterocycles. The Labute approximate surface area is 91.4 Å². The van der Waals surface area contributed by atoms with Crippen LogP contribution in [0, 0.1) is 0 Å². The molecule has 0 unspecified atom stereocenters. The van der Waals surface area contributed by atoms with Gasteiger partial charge in [-0.3, -0.25) is 0 Å². The summed E-state index contributed by atoms with van der Waals surface area (Å²) < 4.78 is 64.0. The summed E-state index contributed by atoms with van der Waals surface area (Å²) in [6.07, 6.45) is -4.36. The van der Waals surface area contributed by atoms with Crippen LogP contribution in [0.4, 0.5) is 22.0 Å². The van der Waals surface area contributed by atoms with E-state index >= 15 is 0 Å². The topological polar surface area (TPSA) is 12.0 Å². The molecule has 1 aliphatic heterocycles. The van der Waals surface area contributed by atoms with Crippen molar-refractivity contribution in [3.63, 3.8) is 0 Å². The minimum atomic E-state index is -5.47. The molecule has 16 heavy (non-hydrogen) atoms. The Kier molecular flexibility index (Phi) is 3.82. The van der Waals surface area contributed by atoms with Gasteiger partial charge in [0.2, 0.25) is 0 Å². The van der Waals surface area contributed by atoms with Crippen molar-refractivity contribution in [3.05, 3.63) is 0 Å². The van der Waals surface area contributed by atoms with Crippen molar-refractivity contribution < 1.29 is 22.0 Å². The van der Waals surface area contributed by atoms with E-state index in [1.165, 1.54) is 0 Å². The molecule has 0 radical (unpaired) electrons. The molecule has 1 aliphatic rings. The van der Waals surface area contributed by atoms with Crippen LogP contribution in [0.25, 0.3) is 0 Å². The van der Waals surface area contributed by atoms with Gasteiger partial charge in [0.1, 0.15) is 0 Å². The maximum atomic E-state index is 13.4. The number of nitrogens with one attached hydrogen (secondary N) is 1. The maximum Gasteiger partial charge on any atom is 0.455 e. The Morgan fingerprint density at radius 1 is 1.19 bits per heavy atom. The van der Waals surface area contributed by atoms with E-state index in [0.29, 0.717) is 19.3 Å². The van der Waals surface area contributed by atoms with E-state index in [2.05, 4.69) is 5.32 Å². The van der Waals surface area contributed by atoms with Gasteiger partial charge in [0.15, 0.2) is 0 Å². The minimum Gasteiger partial charge on any atom is -0.306 e. The predicted octanol–water partition coefficient (Wildman–Crippen LogP) is 3.50. The molecule has 0 aliphatic carbocycles. The number of unbranched alkanes of at least 4 members (excludes halogenated alkanes) is 1. The number of halogens is 5. The van der Waals surface area contributed by atoms with Crippen LogP contribution < -0.4 is 5.32 Å². The average molecular weight is 245 g/mol. The lowest BCUT2D eigenvalue weighted by molar-refractivity contribution is -0.311. The first-order valence-corrected chi connectivity index (χ1v) is 5.46. The first-order valence-electron chi connectivity index (χ1n) is 5.46. The van der Waals surface area contributed by atoms with E-state index in [1.54, 1.807) is 6.92 Å². The summed E-state index contributed by atoms with van der Waals surface area (Å²) in [5.41, 5.74) is -2.08. The predicted molar refractivity (Wildman–Crippen MR) is 50.5 cm³/mol. The van der Waals surface area contributed by atoms with Crippen LogP contribution in [0.2, 0.25) is 0 Å². The van der Waals surface area contributed by atoms with Crippen molar-refractivity contribution in [1.82, 2.24) is 5.32 Å². The van der Waals surface area contributed by atoms with Crippen molar-refractivity contribution in [2.24, 2.45) is 0 Å². The SMILES string of the molecule is CCCC[C@@]1(C(F)(F)C(F)(F)F)CCCN1. The third-order valence-corrected chi connectivity index (χ3v) is 3.16. The molecule has 0 saturated carbocycles. The molecule has 1 rings (SSSR count). The summed E-state index contributed by atoms with van der Waals surface area (Å²) in [4.78, 5) is 0. The quantitative estimate of drug-likeness (QED) is 0.747. The molecule has 0 spiro atoms. The van der Waals surface area contributed by atoms with Gasteiger partial charge in [0.25, 0.3) is 0 Å². The molecule has 0 aromatic heterocycles. The molecule has 6 heteroatoms. The Hall–Kier alpha value is -0.390. The zero-order valence-corrected chi connectivity index (χ0v) is 9.13. The van der Waals surface area contributed by atoms with E-state index in [1.807, 2.05) is 0 Å². The lowest BCUT2D eigenvalue weighted by Gasteiger charge is -2.38. The van der Waals surface area contributed by atoms with Gasteiger partial charge in [-0.25, -0.2) is 0 Å². The number of alkyl halides is 5. The summed E-state index contributed by atoms with van der Waals surface area (Å²) >= 11 is 0. The van der Waals surface area contributed by atoms with Crippen LogP contribution in [-0.4, -0.2) is 24.2 Å². The molecule has 0 aromatic carbocycles. The second-order valence-electron chi connectivity index (χ2n) is 4.29. The Morgan fingerprint density at radius 3 is 2.19 bits per heavy atom. The van der Waals surface area contributed by atoms with Crippen molar-refractivity contribution in [1.29, 1.82) is 0 Å². The summed E-state index contributed by atoms with van der Waals surface area (Å²) in [6, 6.07) is 0. The van der Waals surface area contributed by atoms with Crippen LogP contribution in [0.3, 0.4) is 0 Å². The first kappa shape index (κ1) is 13.7. The molecular weight excluding hydrogens is 229 g/mol. The Morgan fingerprint density at radius 2 is 1.81 bits per heavy atom. The number of hydrogen-bond donors (Lipinski definition) is 1. The molecule has 1 fully saturated rings. The average Bonchev–Trinajstić information content (AvgIpc) is 2.62. The summed E-state index contributed by atoms with van der Waals surface area (Å²) in [7, 11) is 0. The van der Waals surface area contributed by atoms with Gasteiger partial charge in [-0.05, 0) is 25.8 Å². The van der Waals surface area contributed by atoms with Crippen LogP contribution >= 0.6 is 0 Å². The lowest BCUT2D eigenvalue weighted by atomic mass is 9.84. The summed E-state index contributed by atoms with van der Waals surface area (Å²) in [5.74, 6) is -4.65. The molecule has 1 nitrogen and oxygen atoms in total. The van der Waals surface area contributed by atoms with Gasteiger partial charge >= 0.3 is 12.1 Å². The fourth-order valence-corrected chi connectivity index (χ4v) is 2.19. The smallest absolute Gasteiger partial charge is 0.306 e. The minimum absolute atomic E-state index is 0.112. The second kappa shape index (κ2) is 4.47. The molecular formula is C10H16F5N. The van der Waals surface area contributed by atoms with Gasteiger partial charge in [0, 0.05) is 0 Å². The third kappa shape index (κ3) is 2.17. The fourth-order valence-electron chi connectivity index (χ4n) is 2.19. The zero-order chi connectivity index (χ0) is 12.4. The van der Waals surface area contributed by atoms with E-state index in [4.69, 9.17) is 0 Å². The highest BCUT2D eigenvalue weighted by molar-refractivity contribution is 5.06. The largest absolute Gasteiger partial charge is 0.455 e. The highest BCUT2D eigenvalue weighted by atomic mass is 19.4. The van der Waals surface area contributed by atoms with Gasteiger partial charge in [-0.1, -0.05) is 19.8 Å². The third-order valence-electron chi connectivity index (χ3n) is 3.16. The van der Waals surface area contributed by atoms with E-state index in [-0.39, 0.29) is 19.4 Å². The number of rotatable bonds is 4. The van der Waals surface area contributed by atoms with Gasteiger partial charge in [-0.2, -0.15) is 22.0 Å². The van der Waals surface area contributed by atoms with E-state index in [9.17, 15) is 22.0 Å². The standard InChI is InChI=1S/C10H16F5N/c1-2-3-5-8(6-4-7-16-8)9(11,12)10(13,14)15/h16H,2-7H2,1H3/t8-/m0/s1.